The number of Topliss-reactive ketones (excluding diaryl/α,β-unsaturated/α-hetero) is 1. The summed E-state index contributed by atoms with van der Waals surface area (Å²) >= 11 is 0. The molecule has 1 rings (SSSR count). The van der Waals surface area contributed by atoms with Gasteiger partial charge in [-0.3, -0.25) is 4.79 Å². The molecule has 1 fully saturated rings. The minimum atomic E-state index is -0.135. The molecule has 1 aliphatic rings. The highest BCUT2D eigenvalue weighted by molar-refractivity contribution is 5.88. The summed E-state index contributed by atoms with van der Waals surface area (Å²) in [5, 5.41) is 3.43. The lowest BCUT2D eigenvalue weighted by atomic mass is 9.85. The van der Waals surface area contributed by atoms with Crippen LogP contribution in [0.3, 0.4) is 0 Å². The molecule has 1 aliphatic heterocycles. The summed E-state index contributed by atoms with van der Waals surface area (Å²) in [6, 6.07) is 0. The van der Waals surface area contributed by atoms with Crippen LogP contribution in [0.4, 0.5) is 0 Å². The van der Waals surface area contributed by atoms with Crippen molar-refractivity contribution in [3.63, 3.8) is 0 Å². The van der Waals surface area contributed by atoms with Crippen LogP contribution < -0.4 is 5.32 Å². The molecule has 1 N–H and O–H groups in total. The highest BCUT2D eigenvalue weighted by Crippen LogP contribution is 2.27. The Bertz CT molecular complexity index is 183. The molecule has 2 heteroatoms. The third-order valence-corrected chi connectivity index (χ3v) is 3.21. The minimum Gasteiger partial charge on any atom is -0.305 e. The van der Waals surface area contributed by atoms with Crippen LogP contribution in [0.1, 0.15) is 58.8 Å². The molecule has 0 aromatic carbocycles. The lowest BCUT2D eigenvalue weighted by molar-refractivity contribution is -0.125. The summed E-state index contributed by atoms with van der Waals surface area (Å²) < 4.78 is 0. The van der Waals surface area contributed by atoms with E-state index in [0.717, 1.165) is 51.5 Å². The topological polar surface area (TPSA) is 29.1 Å². The zero-order valence-corrected chi connectivity index (χ0v) is 9.57. The summed E-state index contributed by atoms with van der Waals surface area (Å²) in [4.78, 5) is 12.1. The Hall–Kier alpha value is -0.370. The van der Waals surface area contributed by atoms with Crippen molar-refractivity contribution in [2.45, 2.75) is 64.3 Å². The lowest BCUT2D eigenvalue weighted by Crippen LogP contribution is -2.47. The van der Waals surface area contributed by atoms with E-state index in [0.29, 0.717) is 5.78 Å². The van der Waals surface area contributed by atoms with Crippen molar-refractivity contribution >= 4 is 5.78 Å². The van der Waals surface area contributed by atoms with Gasteiger partial charge in [-0.2, -0.15) is 0 Å². The standard InChI is InChI=1S/C12H23NO/c1-3-5-7-11(14)12(8-4-2)9-6-10-13-12/h13H,3-10H2,1-2H3. The molecule has 0 aliphatic carbocycles. The number of hydrogen-bond donors (Lipinski definition) is 1. The first-order valence-electron chi connectivity index (χ1n) is 6.03. The normalized spacial score (nSPS) is 26.7. The fraction of sp³-hybridized carbons (Fsp3) is 0.917. The van der Waals surface area contributed by atoms with Gasteiger partial charge in [0.1, 0.15) is 0 Å². The first-order valence-corrected chi connectivity index (χ1v) is 6.03. The number of rotatable bonds is 6. The van der Waals surface area contributed by atoms with Gasteiger partial charge >= 0.3 is 0 Å². The van der Waals surface area contributed by atoms with E-state index in [1.165, 1.54) is 0 Å². The zero-order valence-electron chi connectivity index (χ0n) is 9.57. The second-order valence-corrected chi connectivity index (χ2v) is 4.39. The van der Waals surface area contributed by atoms with E-state index in [2.05, 4.69) is 19.2 Å². The molecule has 0 spiro atoms. The molecule has 0 saturated carbocycles. The summed E-state index contributed by atoms with van der Waals surface area (Å²) in [5.74, 6) is 0.457. The molecule has 0 radical (unpaired) electrons. The second-order valence-electron chi connectivity index (χ2n) is 4.39. The Kier molecular flexibility index (Phi) is 4.59. The van der Waals surface area contributed by atoms with Crippen molar-refractivity contribution in [2.24, 2.45) is 0 Å². The van der Waals surface area contributed by atoms with Gasteiger partial charge in [0.05, 0.1) is 5.54 Å². The van der Waals surface area contributed by atoms with Crippen molar-refractivity contribution in [1.29, 1.82) is 0 Å². The number of unbranched alkanes of at least 4 members (excludes halogenated alkanes) is 1. The van der Waals surface area contributed by atoms with Crippen molar-refractivity contribution in [1.82, 2.24) is 5.32 Å². The van der Waals surface area contributed by atoms with Crippen LogP contribution in [0.2, 0.25) is 0 Å². The fourth-order valence-corrected chi connectivity index (χ4v) is 2.40. The molecule has 14 heavy (non-hydrogen) atoms. The smallest absolute Gasteiger partial charge is 0.152 e. The van der Waals surface area contributed by atoms with Gasteiger partial charge in [-0.15, -0.1) is 0 Å². The number of carbonyl (C=O) groups excluding carboxylic acids is 1. The van der Waals surface area contributed by atoms with E-state index in [9.17, 15) is 4.79 Å². The largest absolute Gasteiger partial charge is 0.305 e. The summed E-state index contributed by atoms with van der Waals surface area (Å²) in [6.07, 6.45) is 7.28. The quantitative estimate of drug-likeness (QED) is 0.709. The Morgan fingerprint density at radius 3 is 2.64 bits per heavy atom. The zero-order chi connectivity index (χ0) is 10.4. The van der Waals surface area contributed by atoms with Crippen LogP contribution in [0.15, 0.2) is 0 Å². The van der Waals surface area contributed by atoms with Crippen LogP contribution in [-0.4, -0.2) is 17.9 Å². The monoisotopic (exact) mass is 197 g/mol. The summed E-state index contributed by atoms with van der Waals surface area (Å²) in [5.41, 5.74) is -0.135. The van der Waals surface area contributed by atoms with Gasteiger partial charge in [-0.25, -0.2) is 0 Å². The van der Waals surface area contributed by atoms with Gasteiger partial charge in [-0.1, -0.05) is 26.7 Å². The molecule has 2 nitrogen and oxygen atoms in total. The first kappa shape index (κ1) is 11.7. The van der Waals surface area contributed by atoms with Gasteiger partial charge in [-0.05, 0) is 32.2 Å². The van der Waals surface area contributed by atoms with E-state index in [1.54, 1.807) is 0 Å². The van der Waals surface area contributed by atoms with Crippen LogP contribution in [0, 0.1) is 0 Å². The Balaban J connectivity index is 2.52. The van der Waals surface area contributed by atoms with Gasteiger partial charge in [0.25, 0.3) is 0 Å². The van der Waals surface area contributed by atoms with E-state index in [4.69, 9.17) is 0 Å². The summed E-state index contributed by atoms with van der Waals surface area (Å²) in [7, 11) is 0. The highest BCUT2D eigenvalue weighted by Gasteiger charge is 2.38. The van der Waals surface area contributed by atoms with Crippen LogP contribution >= 0.6 is 0 Å². The molecule has 1 heterocycles. The van der Waals surface area contributed by atoms with Gasteiger partial charge in [0.2, 0.25) is 0 Å². The Morgan fingerprint density at radius 2 is 2.14 bits per heavy atom. The maximum atomic E-state index is 12.1. The van der Waals surface area contributed by atoms with Crippen LogP contribution in [-0.2, 0) is 4.79 Å². The van der Waals surface area contributed by atoms with Crippen LogP contribution in [0.25, 0.3) is 0 Å². The molecular formula is C12H23NO. The third-order valence-electron chi connectivity index (χ3n) is 3.21. The number of nitrogens with one attached hydrogen (secondary N) is 1. The average Bonchev–Trinajstić information content (AvgIpc) is 2.64. The molecule has 1 unspecified atom stereocenters. The Labute approximate surface area is 87.5 Å². The van der Waals surface area contributed by atoms with Crippen molar-refractivity contribution < 1.29 is 4.79 Å². The molecule has 0 aromatic heterocycles. The maximum absolute atomic E-state index is 12.1. The minimum absolute atomic E-state index is 0.135. The Morgan fingerprint density at radius 1 is 1.36 bits per heavy atom. The summed E-state index contributed by atoms with van der Waals surface area (Å²) in [6.45, 7) is 5.33. The van der Waals surface area contributed by atoms with E-state index >= 15 is 0 Å². The molecule has 0 bridgehead atoms. The van der Waals surface area contributed by atoms with Gasteiger partial charge in [0.15, 0.2) is 5.78 Å². The SMILES string of the molecule is CCCCC(=O)C1(CCC)CCCN1. The van der Waals surface area contributed by atoms with Crippen molar-refractivity contribution in [3.05, 3.63) is 0 Å². The average molecular weight is 197 g/mol. The van der Waals surface area contributed by atoms with Crippen molar-refractivity contribution in [2.75, 3.05) is 6.54 Å². The maximum Gasteiger partial charge on any atom is 0.152 e. The first-order chi connectivity index (χ1) is 6.75. The predicted molar refractivity (Wildman–Crippen MR) is 59.4 cm³/mol. The number of hydrogen-bond acceptors (Lipinski definition) is 2. The molecular weight excluding hydrogens is 174 g/mol. The van der Waals surface area contributed by atoms with E-state index in [-0.39, 0.29) is 5.54 Å². The molecule has 1 atom stereocenters. The lowest BCUT2D eigenvalue weighted by Gasteiger charge is -2.27. The molecule has 1 saturated heterocycles. The van der Waals surface area contributed by atoms with Gasteiger partial charge < -0.3 is 5.32 Å². The number of carbonyl (C=O) groups is 1. The van der Waals surface area contributed by atoms with Crippen LogP contribution in [0.5, 0.6) is 0 Å². The molecule has 0 amide bonds. The van der Waals surface area contributed by atoms with Crippen molar-refractivity contribution in [3.8, 4) is 0 Å². The fourth-order valence-electron chi connectivity index (χ4n) is 2.40. The highest BCUT2D eigenvalue weighted by atomic mass is 16.1. The number of ketones is 1. The second kappa shape index (κ2) is 5.50. The molecule has 0 aromatic rings. The van der Waals surface area contributed by atoms with E-state index in [1.807, 2.05) is 0 Å². The van der Waals surface area contributed by atoms with Gasteiger partial charge in [0, 0.05) is 6.42 Å². The predicted octanol–water partition coefficient (Wildman–Crippen LogP) is 2.67. The van der Waals surface area contributed by atoms with E-state index < -0.39 is 0 Å². The third kappa shape index (κ3) is 2.57. The molecule has 82 valence electrons.